The third kappa shape index (κ3) is 5.41. The van der Waals surface area contributed by atoms with E-state index >= 15 is 0 Å². The van der Waals surface area contributed by atoms with Gasteiger partial charge in [0.05, 0.1) is 17.9 Å². The Morgan fingerprint density at radius 3 is 2.26 bits per heavy atom. The number of carbonyl (C=O) groups is 1. The molecular formula is C28H30N6O. The standard InChI is InChI=1S/C28H30N6O/c1-31(22-27(35)33-18-16-32(17-19-33)26-14-8-9-15-29-26)20-24-21-34(25-12-6-3-7-13-25)30-28(24)23-10-4-2-5-11-23/h2-15,21H,16-20,22H2,1H3. The highest BCUT2D eigenvalue weighted by Crippen LogP contribution is 2.24. The summed E-state index contributed by atoms with van der Waals surface area (Å²) >= 11 is 0. The first-order valence-corrected chi connectivity index (χ1v) is 12.0. The number of hydrogen-bond acceptors (Lipinski definition) is 5. The molecular weight excluding hydrogens is 436 g/mol. The average Bonchev–Trinajstić information content (AvgIpc) is 3.34. The predicted octanol–water partition coefficient (Wildman–Crippen LogP) is 3.71. The van der Waals surface area contributed by atoms with E-state index in [4.69, 9.17) is 5.10 Å². The van der Waals surface area contributed by atoms with Crippen LogP contribution in [-0.4, -0.2) is 70.2 Å². The van der Waals surface area contributed by atoms with Crippen molar-refractivity contribution in [1.82, 2.24) is 24.6 Å². The van der Waals surface area contributed by atoms with E-state index in [1.807, 2.05) is 89.6 Å². The highest BCUT2D eigenvalue weighted by Gasteiger charge is 2.23. The molecule has 5 rings (SSSR count). The number of para-hydroxylation sites is 1. The van der Waals surface area contributed by atoms with Gasteiger partial charge in [-0.25, -0.2) is 9.67 Å². The number of pyridine rings is 1. The average molecular weight is 467 g/mol. The molecule has 0 bridgehead atoms. The molecule has 0 radical (unpaired) electrons. The molecule has 35 heavy (non-hydrogen) atoms. The van der Waals surface area contributed by atoms with E-state index in [2.05, 4.69) is 33.1 Å². The largest absolute Gasteiger partial charge is 0.353 e. The zero-order valence-corrected chi connectivity index (χ0v) is 20.0. The molecule has 4 aromatic rings. The summed E-state index contributed by atoms with van der Waals surface area (Å²) in [6, 6.07) is 26.3. The molecule has 178 valence electrons. The van der Waals surface area contributed by atoms with E-state index in [0.717, 1.165) is 41.4 Å². The lowest BCUT2D eigenvalue weighted by Crippen LogP contribution is -2.51. The van der Waals surface area contributed by atoms with Gasteiger partial charge >= 0.3 is 0 Å². The molecule has 2 aromatic carbocycles. The second kappa shape index (κ2) is 10.5. The van der Waals surface area contributed by atoms with Crippen molar-refractivity contribution in [2.45, 2.75) is 6.54 Å². The van der Waals surface area contributed by atoms with Gasteiger partial charge < -0.3 is 9.80 Å². The minimum Gasteiger partial charge on any atom is -0.353 e. The van der Waals surface area contributed by atoms with E-state index in [-0.39, 0.29) is 5.91 Å². The second-order valence-electron chi connectivity index (χ2n) is 8.88. The van der Waals surface area contributed by atoms with Crippen LogP contribution in [0.25, 0.3) is 16.9 Å². The fourth-order valence-corrected chi connectivity index (χ4v) is 4.48. The Morgan fingerprint density at radius 2 is 1.57 bits per heavy atom. The van der Waals surface area contributed by atoms with Gasteiger partial charge in [0.25, 0.3) is 0 Å². The number of piperazine rings is 1. The summed E-state index contributed by atoms with van der Waals surface area (Å²) < 4.78 is 1.92. The van der Waals surface area contributed by atoms with Crippen LogP contribution in [0.3, 0.4) is 0 Å². The first-order valence-electron chi connectivity index (χ1n) is 12.0. The molecule has 1 aliphatic rings. The maximum Gasteiger partial charge on any atom is 0.236 e. The highest BCUT2D eigenvalue weighted by molar-refractivity contribution is 5.78. The van der Waals surface area contributed by atoms with Crippen molar-refractivity contribution in [1.29, 1.82) is 0 Å². The maximum atomic E-state index is 13.1. The number of likely N-dealkylation sites (N-methyl/N-ethyl adjacent to an activating group) is 1. The fourth-order valence-electron chi connectivity index (χ4n) is 4.48. The molecule has 1 amide bonds. The Hall–Kier alpha value is -3.97. The Kier molecular flexibility index (Phi) is 6.86. The predicted molar refractivity (Wildman–Crippen MR) is 138 cm³/mol. The maximum absolute atomic E-state index is 13.1. The molecule has 7 heteroatoms. The lowest BCUT2D eigenvalue weighted by molar-refractivity contribution is -0.132. The molecule has 0 saturated carbocycles. The van der Waals surface area contributed by atoms with Crippen molar-refractivity contribution in [3.8, 4) is 16.9 Å². The molecule has 0 N–H and O–H groups in total. The van der Waals surface area contributed by atoms with Crippen LogP contribution in [0.15, 0.2) is 91.3 Å². The molecule has 0 spiro atoms. The number of rotatable bonds is 7. The number of nitrogens with zero attached hydrogens (tertiary/aromatic N) is 6. The SMILES string of the molecule is CN(CC(=O)N1CCN(c2ccccn2)CC1)Cc1cn(-c2ccccc2)nc1-c1ccccc1. The van der Waals surface area contributed by atoms with Crippen LogP contribution in [0.5, 0.6) is 0 Å². The summed E-state index contributed by atoms with van der Waals surface area (Å²) in [5.74, 6) is 1.13. The smallest absolute Gasteiger partial charge is 0.236 e. The minimum atomic E-state index is 0.157. The van der Waals surface area contributed by atoms with Crippen LogP contribution in [0.1, 0.15) is 5.56 Å². The van der Waals surface area contributed by atoms with Crippen molar-refractivity contribution in [3.05, 3.63) is 96.8 Å². The van der Waals surface area contributed by atoms with Crippen LogP contribution in [0.4, 0.5) is 5.82 Å². The summed E-state index contributed by atoms with van der Waals surface area (Å²) in [5.41, 5.74) is 4.12. The Labute approximate surface area is 206 Å². The van der Waals surface area contributed by atoms with E-state index in [1.165, 1.54) is 0 Å². The van der Waals surface area contributed by atoms with Gasteiger partial charge in [-0.3, -0.25) is 9.69 Å². The van der Waals surface area contributed by atoms with Gasteiger partial charge in [-0.2, -0.15) is 5.10 Å². The van der Waals surface area contributed by atoms with Crippen LogP contribution in [0, 0.1) is 0 Å². The molecule has 0 unspecified atom stereocenters. The van der Waals surface area contributed by atoms with Gasteiger partial charge in [-0.1, -0.05) is 54.6 Å². The lowest BCUT2D eigenvalue weighted by Gasteiger charge is -2.36. The summed E-state index contributed by atoms with van der Waals surface area (Å²) in [6.07, 6.45) is 3.88. The van der Waals surface area contributed by atoms with Crippen molar-refractivity contribution in [3.63, 3.8) is 0 Å². The first kappa shape index (κ1) is 22.8. The quantitative estimate of drug-likeness (QED) is 0.416. The topological polar surface area (TPSA) is 57.5 Å². The van der Waals surface area contributed by atoms with Crippen LogP contribution < -0.4 is 4.90 Å². The first-order chi connectivity index (χ1) is 17.2. The van der Waals surface area contributed by atoms with Gasteiger partial charge in [0.15, 0.2) is 0 Å². The molecule has 7 nitrogen and oxygen atoms in total. The number of hydrogen-bond donors (Lipinski definition) is 0. The molecule has 1 aliphatic heterocycles. The lowest BCUT2D eigenvalue weighted by atomic mass is 10.1. The molecule has 1 saturated heterocycles. The zero-order valence-electron chi connectivity index (χ0n) is 20.0. The molecule has 0 aliphatic carbocycles. The fraction of sp³-hybridized carbons (Fsp3) is 0.250. The van der Waals surface area contributed by atoms with Gasteiger partial charge in [0.2, 0.25) is 5.91 Å². The number of amides is 1. The Morgan fingerprint density at radius 1 is 0.886 bits per heavy atom. The summed E-state index contributed by atoms with van der Waals surface area (Å²) in [6.45, 7) is 4.03. The van der Waals surface area contributed by atoms with Crippen molar-refractivity contribution in [2.75, 3.05) is 44.7 Å². The van der Waals surface area contributed by atoms with E-state index in [9.17, 15) is 4.79 Å². The van der Waals surface area contributed by atoms with Gasteiger partial charge in [-0.05, 0) is 31.3 Å². The highest BCUT2D eigenvalue weighted by atomic mass is 16.2. The third-order valence-electron chi connectivity index (χ3n) is 6.31. The summed E-state index contributed by atoms with van der Waals surface area (Å²) in [5, 5.41) is 4.89. The molecule has 2 aromatic heterocycles. The van der Waals surface area contributed by atoms with E-state index in [0.29, 0.717) is 26.2 Å². The summed E-state index contributed by atoms with van der Waals surface area (Å²) in [4.78, 5) is 23.8. The van der Waals surface area contributed by atoms with E-state index < -0.39 is 0 Å². The minimum absolute atomic E-state index is 0.157. The van der Waals surface area contributed by atoms with Crippen LogP contribution in [-0.2, 0) is 11.3 Å². The number of benzene rings is 2. The number of anilines is 1. The van der Waals surface area contributed by atoms with Crippen molar-refractivity contribution in [2.24, 2.45) is 0 Å². The van der Waals surface area contributed by atoms with Gasteiger partial charge in [0, 0.05) is 56.2 Å². The Bertz CT molecular complexity index is 1230. The number of carbonyl (C=O) groups excluding carboxylic acids is 1. The van der Waals surface area contributed by atoms with Gasteiger partial charge in [0.1, 0.15) is 5.82 Å². The van der Waals surface area contributed by atoms with Crippen LogP contribution in [0.2, 0.25) is 0 Å². The van der Waals surface area contributed by atoms with Crippen molar-refractivity contribution < 1.29 is 4.79 Å². The van der Waals surface area contributed by atoms with Crippen LogP contribution >= 0.6 is 0 Å². The summed E-state index contributed by atoms with van der Waals surface area (Å²) in [7, 11) is 2.00. The van der Waals surface area contributed by atoms with Crippen molar-refractivity contribution >= 4 is 11.7 Å². The van der Waals surface area contributed by atoms with Gasteiger partial charge in [-0.15, -0.1) is 0 Å². The molecule has 1 fully saturated rings. The Balaban J connectivity index is 1.25. The molecule has 3 heterocycles. The number of aromatic nitrogens is 3. The second-order valence-corrected chi connectivity index (χ2v) is 8.88. The molecule has 0 atom stereocenters. The monoisotopic (exact) mass is 466 g/mol. The zero-order chi connectivity index (χ0) is 24.0. The van der Waals surface area contributed by atoms with E-state index in [1.54, 1.807) is 0 Å². The normalized spacial score (nSPS) is 13.9. The third-order valence-corrected chi connectivity index (χ3v) is 6.31.